The molecule has 3 heteroatoms. The van der Waals surface area contributed by atoms with Crippen molar-refractivity contribution in [2.24, 2.45) is 11.3 Å². The highest BCUT2D eigenvalue weighted by Gasteiger charge is 2.35. The van der Waals surface area contributed by atoms with E-state index in [1.807, 2.05) is 0 Å². The van der Waals surface area contributed by atoms with Crippen LogP contribution in [-0.2, 0) is 4.79 Å². The number of amides is 1. The third-order valence-corrected chi connectivity index (χ3v) is 4.85. The number of rotatable bonds is 2. The van der Waals surface area contributed by atoms with Gasteiger partial charge in [0.05, 0.1) is 0 Å². The Morgan fingerprint density at radius 2 is 1.89 bits per heavy atom. The molecule has 1 heterocycles. The summed E-state index contributed by atoms with van der Waals surface area (Å²) >= 11 is 0. The van der Waals surface area contributed by atoms with Crippen LogP contribution < -0.4 is 10.6 Å². The number of piperidine rings is 1. The van der Waals surface area contributed by atoms with E-state index in [-0.39, 0.29) is 5.41 Å². The summed E-state index contributed by atoms with van der Waals surface area (Å²) in [4.78, 5) is 12.4. The molecule has 2 aliphatic rings. The molecule has 0 aromatic heterocycles. The van der Waals surface area contributed by atoms with Crippen molar-refractivity contribution in [2.75, 3.05) is 13.1 Å². The molecule has 0 radical (unpaired) electrons. The molecule has 2 atom stereocenters. The van der Waals surface area contributed by atoms with Gasteiger partial charge in [-0.25, -0.2) is 0 Å². The second-order valence-electron chi connectivity index (χ2n) is 6.59. The van der Waals surface area contributed by atoms with Crippen LogP contribution in [0.2, 0.25) is 0 Å². The lowest BCUT2D eigenvalue weighted by atomic mass is 9.80. The van der Waals surface area contributed by atoms with E-state index >= 15 is 0 Å². The molecule has 2 rings (SSSR count). The smallest absolute Gasteiger partial charge is 0.226 e. The van der Waals surface area contributed by atoms with Crippen LogP contribution in [0.5, 0.6) is 0 Å². The van der Waals surface area contributed by atoms with Gasteiger partial charge in [0, 0.05) is 11.5 Å². The summed E-state index contributed by atoms with van der Waals surface area (Å²) in [6.45, 7) is 6.41. The molecule has 1 saturated heterocycles. The normalized spacial score (nSPS) is 32.6. The lowest BCUT2D eigenvalue weighted by Gasteiger charge is -2.34. The van der Waals surface area contributed by atoms with Gasteiger partial charge in [0.25, 0.3) is 0 Å². The van der Waals surface area contributed by atoms with E-state index in [4.69, 9.17) is 0 Å². The van der Waals surface area contributed by atoms with Gasteiger partial charge in [-0.1, -0.05) is 26.7 Å². The third kappa shape index (κ3) is 3.47. The Kier molecular flexibility index (Phi) is 4.66. The molecule has 18 heavy (non-hydrogen) atoms. The summed E-state index contributed by atoms with van der Waals surface area (Å²) in [5.41, 5.74) is -0.136. The highest BCUT2D eigenvalue weighted by molar-refractivity contribution is 5.82. The zero-order valence-electron chi connectivity index (χ0n) is 11.9. The Morgan fingerprint density at radius 1 is 1.17 bits per heavy atom. The Labute approximate surface area is 111 Å². The van der Waals surface area contributed by atoms with Gasteiger partial charge in [-0.05, 0) is 51.1 Å². The highest BCUT2D eigenvalue weighted by Crippen LogP contribution is 2.29. The van der Waals surface area contributed by atoms with Crippen molar-refractivity contribution >= 4 is 5.91 Å². The first-order chi connectivity index (χ1) is 8.60. The fourth-order valence-corrected chi connectivity index (χ4v) is 3.20. The van der Waals surface area contributed by atoms with E-state index in [1.165, 1.54) is 32.1 Å². The Morgan fingerprint density at radius 3 is 2.61 bits per heavy atom. The predicted octanol–water partition coefficient (Wildman–Crippen LogP) is 2.46. The molecule has 2 N–H and O–H groups in total. The van der Waals surface area contributed by atoms with Crippen molar-refractivity contribution < 1.29 is 4.79 Å². The molecular weight excluding hydrogens is 224 g/mol. The number of hydrogen-bond donors (Lipinski definition) is 2. The fraction of sp³-hybridized carbons (Fsp3) is 0.933. The van der Waals surface area contributed by atoms with E-state index in [2.05, 4.69) is 24.5 Å². The van der Waals surface area contributed by atoms with Gasteiger partial charge < -0.3 is 10.6 Å². The topological polar surface area (TPSA) is 41.1 Å². The summed E-state index contributed by atoms with van der Waals surface area (Å²) in [7, 11) is 0. The molecule has 0 aromatic carbocycles. The van der Waals surface area contributed by atoms with E-state index in [9.17, 15) is 4.79 Å². The SMILES string of the molecule is CC1CCCC(NC(=O)C2(C)CCNCC2)CC1. The molecule has 0 bridgehead atoms. The quantitative estimate of drug-likeness (QED) is 0.741. The van der Waals surface area contributed by atoms with Crippen molar-refractivity contribution in [3.05, 3.63) is 0 Å². The molecule has 2 unspecified atom stereocenters. The van der Waals surface area contributed by atoms with Gasteiger partial charge in [-0.3, -0.25) is 4.79 Å². The standard InChI is InChI=1S/C15H28N2O/c1-12-4-3-5-13(7-6-12)17-14(18)15(2)8-10-16-11-9-15/h12-13,16H,3-11H2,1-2H3,(H,17,18). The summed E-state index contributed by atoms with van der Waals surface area (Å²) in [6, 6.07) is 0.425. The second kappa shape index (κ2) is 6.05. The van der Waals surface area contributed by atoms with E-state index in [1.54, 1.807) is 0 Å². The van der Waals surface area contributed by atoms with Gasteiger partial charge in [0.1, 0.15) is 0 Å². The lowest BCUT2D eigenvalue weighted by molar-refractivity contribution is -0.132. The van der Waals surface area contributed by atoms with Crippen LogP contribution in [0.15, 0.2) is 0 Å². The summed E-state index contributed by atoms with van der Waals surface area (Å²) in [5, 5.41) is 6.66. The van der Waals surface area contributed by atoms with Crippen LogP contribution in [0, 0.1) is 11.3 Å². The fourth-order valence-electron chi connectivity index (χ4n) is 3.20. The van der Waals surface area contributed by atoms with Crippen LogP contribution in [0.25, 0.3) is 0 Å². The van der Waals surface area contributed by atoms with E-state index in [0.717, 1.165) is 31.8 Å². The molecule has 104 valence electrons. The molecule has 1 saturated carbocycles. The zero-order valence-corrected chi connectivity index (χ0v) is 11.9. The van der Waals surface area contributed by atoms with Crippen LogP contribution in [0.3, 0.4) is 0 Å². The van der Waals surface area contributed by atoms with Crippen molar-refractivity contribution in [1.29, 1.82) is 0 Å². The molecular formula is C15H28N2O. The minimum absolute atomic E-state index is 0.136. The first-order valence-corrected chi connectivity index (χ1v) is 7.62. The monoisotopic (exact) mass is 252 g/mol. The number of carbonyl (C=O) groups excluding carboxylic acids is 1. The van der Waals surface area contributed by atoms with Crippen LogP contribution >= 0.6 is 0 Å². The van der Waals surface area contributed by atoms with Crippen molar-refractivity contribution in [2.45, 2.75) is 64.8 Å². The first kappa shape index (κ1) is 13.9. The van der Waals surface area contributed by atoms with Crippen LogP contribution in [0.4, 0.5) is 0 Å². The zero-order chi connectivity index (χ0) is 13.0. The Balaban J connectivity index is 1.86. The largest absolute Gasteiger partial charge is 0.353 e. The second-order valence-corrected chi connectivity index (χ2v) is 6.59. The molecule has 1 aliphatic carbocycles. The first-order valence-electron chi connectivity index (χ1n) is 7.62. The maximum absolute atomic E-state index is 12.4. The number of nitrogens with one attached hydrogen (secondary N) is 2. The Hall–Kier alpha value is -0.570. The van der Waals surface area contributed by atoms with E-state index < -0.39 is 0 Å². The molecule has 1 aliphatic heterocycles. The lowest BCUT2D eigenvalue weighted by Crippen LogP contribution is -2.48. The summed E-state index contributed by atoms with van der Waals surface area (Å²) in [6.07, 6.45) is 8.15. The van der Waals surface area contributed by atoms with Crippen molar-refractivity contribution in [3.63, 3.8) is 0 Å². The van der Waals surface area contributed by atoms with Crippen molar-refractivity contribution in [1.82, 2.24) is 10.6 Å². The minimum atomic E-state index is -0.136. The third-order valence-electron chi connectivity index (χ3n) is 4.85. The molecule has 2 fully saturated rings. The van der Waals surface area contributed by atoms with Crippen LogP contribution in [0.1, 0.15) is 58.8 Å². The molecule has 0 spiro atoms. The molecule has 1 amide bonds. The maximum Gasteiger partial charge on any atom is 0.226 e. The number of hydrogen-bond acceptors (Lipinski definition) is 2. The average Bonchev–Trinajstić information content (AvgIpc) is 2.55. The Bertz CT molecular complexity index is 284. The maximum atomic E-state index is 12.4. The molecule has 0 aromatic rings. The van der Waals surface area contributed by atoms with Gasteiger partial charge in [0.15, 0.2) is 0 Å². The average molecular weight is 252 g/mol. The highest BCUT2D eigenvalue weighted by atomic mass is 16.2. The van der Waals surface area contributed by atoms with Gasteiger partial charge in [-0.15, -0.1) is 0 Å². The minimum Gasteiger partial charge on any atom is -0.353 e. The predicted molar refractivity (Wildman–Crippen MR) is 74.4 cm³/mol. The van der Waals surface area contributed by atoms with Gasteiger partial charge >= 0.3 is 0 Å². The van der Waals surface area contributed by atoms with Gasteiger partial charge in [0.2, 0.25) is 5.91 Å². The van der Waals surface area contributed by atoms with Gasteiger partial charge in [-0.2, -0.15) is 0 Å². The van der Waals surface area contributed by atoms with E-state index in [0.29, 0.717) is 11.9 Å². The van der Waals surface area contributed by atoms with Crippen molar-refractivity contribution in [3.8, 4) is 0 Å². The van der Waals surface area contributed by atoms with Crippen LogP contribution in [-0.4, -0.2) is 25.0 Å². The number of carbonyl (C=O) groups is 1. The summed E-state index contributed by atoms with van der Waals surface area (Å²) in [5.74, 6) is 1.13. The summed E-state index contributed by atoms with van der Waals surface area (Å²) < 4.78 is 0. The molecule has 3 nitrogen and oxygen atoms in total.